The van der Waals surface area contributed by atoms with Gasteiger partial charge in [-0.3, -0.25) is 20.4 Å². The number of ether oxygens (including phenoxy) is 2. The Kier molecular flexibility index (Phi) is 6.88. The maximum absolute atomic E-state index is 12.2. The summed E-state index contributed by atoms with van der Waals surface area (Å²) >= 11 is 3.24. The number of rotatable bonds is 7. The molecule has 25 heavy (non-hydrogen) atoms. The van der Waals surface area contributed by atoms with E-state index in [9.17, 15) is 9.59 Å². The van der Waals surface area contributed by atoms with Crippen molar-refractivity contribution in [3.8, 4) is 11.5 Å². The summed E-state index contributed by atoms with van der Waals surface area (Å²) < 4.78 is 11.9. The van der Waals surface area contributed by atoms with E-state index in [1.807, 2.05) is 13.8 Å². The molecule has 0 atom stereocenters. The maximum atomic E-state index is 12.2. The zero-order valence-electron chi connectivity index (χ0n) is 14.0. The third-order valence-electron chi connectivity index (χ3n) is 3.15. The average Bonchev–Trinajstić information content (AvgIpc) is 3.05. The van der Waals surface area contributed by atoms with Gasteiger partial charge in [-0.05, 0) is 53.5 Å². The molecule has 1 aromatic carbocycles. The summed E-state index contributed by atoms with van der Waals surface area (Å²) in [6.45, 7) is 4.87. The van der Waals surface area contributed by atoms with E-state index in [2.05, 4.69) is 31.8 Å². The van der Waals surface area contributed by atoms with Gasteiger partial charge in [0, 0.05) is 16.2 Å². The minimum Gasteiger partial charge on any atom is -0.490 e. The molecule has 0 aliphatic carbocycles. The van der Waals surface area contributed by atoms with Crippen LogP contribution in [0, 0.1) is 0 Å². The molecule has 0 fully saturated rings. The van der Waals surface area contributed by atoms with Crippen molar-refractivity contribution < 1.29 is 19.1 Å². The highest BCUT2D eigenvalue weighted by atomic mass is 79.9. The molecule has 0 aliphatic heterocycles. The van der Waals surface area contributed by atoms with Crippen molar-refractivity contribution >= 4 is 27.7 Å². The zero-order chi connectivity index (χ0) is 18.2. The van der Waals surface area contributed by atoms with Crippen molar-refractivity contribution in [2.75, 3.05) is 13.2 Å². The second-order valence-electron chi connectivity index (χ2n) is 5.08. The molecule has 134 valence electrons. The number of amides is 2. The molecule has 8 heteroatoms. The first-order valence-corrected chi connectivity index (χ1v) is 8.68. The lowest BCUT2D eigenvalue weighted by molar-refractivity contribution is 0.0844. The fourth-order valence-corrected chi connectivity index (χ4v) is 2.34. The maximum Gasteiger partial charge on any atom is 0.286 e. The van der Waals surface area contributed by atoms with Crippen LogP contribution in [0.2, 0.25) is 0 Å². The average molecular weight is 410 g/mol. The Morgan fingerprint density at radius 1 is 1.08 bits per heavy atom. The molecule has 0 spiro atoms. The number of H-pyrrole nitrogens is 1. The number of carbonyl (C=O) groups is 2. The first-order chi connectivity index (χ1) is 12.0. The van der Waals surface area contributed by atoms with Gasteiger partial charge >= 0.3 is 0 Å². The van der Waals surface area contributed by atoms with Gasteiger partial charge in [0.05, 0.1) is 13.2 Å². The summed E-state index contributed by atoms with van der Waals surface area (Å²) in [6.07, 6.45) is 2.49. The normalized spacial score (nSPS) is 10.2. The Morgan fingerprint density at radius 3 is 2.48 bits per heavy atom. The van der Waals surface area contributed by atoms with Gasteiger partial charge in [-0.1, -0.05) is 6.92 Å². The van der Waals surface area contributed by atoms with Crippen LogP contribution in [0.4, 0.5) is 0 Å². The van der Waals surface area contributed by atoms with Crippen LogP contribution in [0.15, 0.2) is 34.9 Å². The van der Waals surface area contributed by atoms with Gasteiger partial charge < -0.3 is 14.5 Å². The highest BCUT2D eigenvalue weighted by molar-refractivity contribution is 9.10. The van der Waals surface area contributed by atoms with Gasteiger partial charge in [0.1, 0.15) is 5.69 Å². The van der Waals surface area contributed by atoms with Crippen LogP contribution < -0.4 is 20.3 Å². The Labute approximate surface area is 154 Å². The zero-order valence-corrected chi connectivity index (χ0v) is 15.6. The highest BCUT2D eigenvalue weighted by Crippen LogP contribution is 2.28. The fourth-order valence-electron chi connectivity index (χ4n) is 2.00. The van der Waals surface area contributed by atoms with Crippen LogP contribution >= 0.6 is 15.9 Å². The van der Waals surface area contributed by atoms with Crippen LogP contribution in [0.1, 0.15) is 41.1 Å². The standard InChI is InChI=1S/C17H20BrN3O4/c1-3-7-25-14-6-5-11(8-15(14)24-4-2)16(22)20-21-17(23)13-9-12(18)10-19-13/h5-6,8-10,19H,3-4,7H2,1-2H3,(H,20,22)(H,21,23). The molecule has 1 heterocycles. The number of nitrogens with one attached hydrogen (secondary N) is 3. The molecule has 0 unspecified atom stereocenters. The molecule has 0 aliphatic rings. The van der Waals surface area contributed by atoms with E-state index in [1.165, 1.54) is 0 Å². The second-order valence-corrected chi connectivity index (χ2v) is 6.00. The topological polar surface area (TPSA) is 92.5 Å². The van der Waals surface area contributed by atoms with Crippen molar-refractivity contribution in [1.29, 1.82) is 0 Å². The third kappa shape index (κ3) is 5.25. The fraction of sp³-hybridized carbons (Fsp3) is 0.294. The van der Waals surface area contributed by atoms with Gasteiger partial charge in [-0.25, -0.2) is 0 Å². The predicted octanol–water partition coefficient (Wildman–Crippen LogP) is 3.04. The number of aromatic nitrogens is 1. The molecule has 2 amide bonds. The first kappa shape index (κ1) is 18.9. The second kappa shape index (κ2) is 9.12. The molecular weight excluding hydrogens is 390 g/mol. The Balaban J connectivity index is 2.02. The third-order valence-corrected chi connectivity index (χ3v) is 3.61. The lowest BCUT2D eigenvalue weighted by atomic mass is 10.2. The van der Waals surface area contributed by atoms with Gasteiger partial charge in [0.2, 0.25) is 0 Å². The van der Waals surface area contributed by atoms with Crippen molar-refractivity contribution in [2.24, 2.45) is 0 Å². The number of aromatic amines is 1. The number of hydrogen-bond donors (Lipinski definition) is 3. The summed E-state index contributed by atoms with van der Waals surface area (Å²) in [5.41, 5.74) is 5.39. The highest BCUT2D eigenvalue weighted by Gasteiger charge is 2.13. The summed E-state index contributed by atoms with van der Waals surface area (Å²) in [5.74, 6) is 0.165. The predicted molar refractivity (Wildman–Crippen MR) is 96.8 cm³/mol. The molecule has 7 nitrogen and oxygen atoms in total. The first-order valence-electron chi connectivity index (χ1n) is 7.89. The van der Waals surface area contributed by atoms with E-state index in [1.54, 1.807) is 30.5 Å². The van der Waals surface area contributed by atoms with E-state index in [0.29, 0.717) is 36.0 Å². The van der Waals surface area contributed by atoms with Crippen LogP contribution in [0.3, 0.4) is 0 Å². The molecule has 1 aromatic heterocycles. The molecular formula is C17H20BrN3O4. The van der Waals surface area contributed by atoms with Gasteiger partial charge in [0.25, 0.3) is 11.8 Å². The molecule has 2 rings (SSSR count). The summed E-state index contributed by atoms with van der Waals surface area (Å²) in [6, 6.07) is 6.48. The Hall–Kier alpha value is -2.48. The number of hydrogen-bond acceptors (Lipinski definition) is 4. The molecule has 0 saturated heterocycles. The van der Waals surface area contributed by atoms with Gasteiger partial charge in [-0.15, -0.1) is 0 Å². The number of carbonyl (C=O) groups excluding carboxylic acids is 2. The largest absolute Gasteiger partial charge is 0.490 e. The van der Waals surface area contributed by atoms with Gasteiger partial charge in [0.15, 0.2) is 11.5 Å². The molecule has 0 radical (unpaired) electrons. The molecule has 2 aromatic rings. The van der Waals surface area contributed by atoms with E-state index >= 15 is 0 Å². The summed E-state index contributed by atoms with van der Waals surface area (Å²) in [4.78, 5) is 26.9. The minimum atomic E-state index is -0.457. The van der Waals surface area contributed by atoms with Crippen molar-refractivity contribution in [3.05, 3.63) is 46.2 Å². The van der Waals surface area contributed by atoms with Crippen molar-refractivity contribution in [2.45, 2.75) is 20.3 Å². The Morgan fingerprint density at radius 2 is 1.84 bits per heavy atom. The smallest absolute Gasteiger partial charge is 0.286 e. The van der Waals surface area contributed by atoms with Crippen LogP contribution in [0.25, 0.3) is 0 Å². The van der Waals surface area contributed by atoms with Gasteiger partial charge in [-0.2, -0.15) is 0 Å². The molecule has 0 saturated carbocycles. The number of benzene rings is 1. The van der Waals surface area contributed by atoms with Crippen LogP contribution in [-0.2, 0) is 0 Å². The van der Waals surface area contributed by atoms with Crippen molar-refractivity contribution in [3.63, 3.8) is 0 Å². The van der Waals surface area contributed by atoms with E-state index < -0.39 is 11.8 Å². The summed E-state index contributed by atoms with van der Waals surface area (Å²) in [7, 11) is 0. The lowest BCUT2D eigenvalue weighted by Gasteiger charge is -2.13. The monoisotopic (exact) mass is 409 g/mol. The van der Waals surface area contributed by atoms with Crippen LogP contribution in [-0.4, -0.2) is 30.0 Å². The summed E-state index contributed by atoms with van der Waals surface area (Å²) in [5, 5.41) is 0. The lowest BCUT2D eigenvalue weighted by Crippen LogP contribution is -2.41. The van der Waals surface area contributed by atoms with Crippen molar-refractivity contribution in [1.82, 2.24) is 15.8 Å². The molecule has 0 bridgehead atoms. The van der Waals surface area contributed by atoms with E-state index in [0.717, 1.165) is 10.9 Å². The van der Waals surface area contributed by atoms with Crippen LogP contribution in [0.5, 0.6) is 11.5 Å². The quantitative estimate of drug-likeness (QED) is 0.612. The molecule has 3 N–H and O–H groups in total. The minimum absolute atomic E-state index is 0.325. The SMILES string of the molecule is CCCOc1ccc(C(=O)NNC(=O)c2cc(Br)c[nH]2)cc1OCC. The number of hydrazine groups is 1. The number of halogens is 1. The van der Waals surface area contributed by atoms with E-state index in [4.69, 9.17) is 9.47 Å². The van der Waals surface area contributed by atoms with E-state index in [-0.39, 0.29) is 0 Å². The Bertz CT molecular complexity index is 745.